The van der Waals surface area contributed by atoms with Gasteiger partial charge in [0.2, 0.25) is 0 Å². The van der Waals surface area contributed by atoms with Gasteiger partial charge in [0.05, 0.1) is 6.54 Å². The molecule has 2 heterocycles. The summed E-state index contributed by atoms with van der Waals surface area (Å²) in [5.74, 6) is 0.0216. The third-order valence-corrected chi connectivity index (χ3v) is 4.50. The summed E-state index contributed by atoms with van der Waals surface area (Å²) in [5.41, 5.74) is 2.39. The van der Waals surface area contributed by atoms with Crippen LogP contribution in [0.15, 0.2) is 71.5 Å². The minimum absolute atomic E-state index is 0.0216. The lowest BCUT2D eigenvalue weighted by molar-refractivity contribution is -0.680. The standard InChI is InChI=1S/C21H18N2O2/c1-2-14-22-18-13-12-15-8-6-7-11-17(15)23(18)21(25)19(20(22)24)16-9-4-3-5-10-16/h3-13H,2,14H2,1H3/p+1. The zero-order chi connectivity index (χ0) is 17.4. The molecule has 0 unspecified atom stereocenters. The average Bonchev–Trinajstić information content (AvgIpc) is 2.65. The van der Waals surface area contributed by atoms with E-state index in [1.165, 1.54) is 0 Å². The average molecular weight is 331 g/mol. The van der Waals surface area contributed by atoms with E-state index in [9.17, 15) is 9.90 Å². The van der Waals surface area contributed by atoms with Gasteiger partial charge in [-0.2, -0.15) is 8.97 Å². The predicted octanol–water partition coefficient (Wildman–Crippen LogP) is 3.52. The Hall–Kier alpha value is -3.14. The first-order chi connectivity index (χ1) is 12.2. The van der Waals surface area contributed by atoms with Crippen LogP contribution in [0.3, 0.4) is 0 Å². The van der Waals surface area contributed by atoms with Crippen LogP contribution in [0.5, 0.6) is 5.88 Å². The zero-order valence-electron chi connectivity index (χ0n) is 14.0. The summed E-state index contributed by atoms with van der Waals surface area (Å²) >= 11 is 0. The Morgan fingerprint density at radius 3 is 2.44 bits per heavy atom. The monoisotopic (exact) mass is 331 g/mol. The quantitative estimate of drug-likeness (QED) is 0.461. The number of fused-ring (bicyclic) bond motifs is 3. The van der Waals surface area contributed by atoms with Crippen LogP contribution in [0.25, 0.3) is 27.7 Å². The molecule has 0 amide bonds. The van der Waals surface area contributed by atoms with Crippen molar-refractivity contribution in [3.05, 3.63) is 77.1 Å². The highest BCUT2D eigenvalue weighted by Gasteiger charge is 2.25. The van der Waals surface area contributed by atoms with E-state index >= 15 is 0 Å². The molecule has 0 aliphatic heterocycles. The van der Waals surface area contributed by atoms with Crippen molar-refractivity contribution in [2.75, 3.05) is 0 Å². The van der Waals surface area contributed by atoms with Crippen LogP contribution in [-0.4, -0.2) is 9.51 Å². The number of rotatable bonds is 3. The minimum Gasteiger partial charge on any atom is -0.477 e. The van der Waals surface area contributed by atoms with E-state index < -0.39 is 0 Å². The summed E-state index contributed by atoms with van der Waals surface area (Å²) < 4.78 is 3.52. The van der Waals surface area contributed by atoms with Crippen molar-refractivity contribution in [1.29, 1.82) is 0 Å². The van der Waals surface area contributed by atoms with Crippen LogP contribution in [-0.2, 0) is 6.54 Å². The molecule has 0 aliphatic carbocycles. The molecule has 25 heavy (non-hydrogen) atoms. The third kappa shape index (κ3) is 2.38. The van der Waals surface area contributed by atoms with Crippen molar-refractivity contribution < 1.29 is 9.67 Å². The number of aryl methyl sites for hydroxylation is 1. The lowest BCUT2D eigenvalue weighted by Crippen LogP contribution is -2.41. The van der Waals surface area contributed by atoms with Gasteiger partial charge in [0, 0.05) is 11.5 Å². The molecule has 4 aromatic rings. The van der Waals surface area contributed by atoms with Crippen molar-refractivity contribution in [3.63, 3.8) is 0 Å². The Labute approximate surface area is 145 Å². The maximum absolute atomic E-state index is 13.3. The Bertz CT molecular complexity index is 1130. The molecule has 4 nitrogen and oxygen atoms in total. The molecule has 124 valence electrons. The molecule has 0 fully saturated rings. The topological polar surface area (TPSA) is 45.6 Å². The summed E-state index contributed by atoms with van der Waals surface area (Å²) in [6.07, 6.45) is 0.854. The molecule has 4 rings (SSSR count). The molecule has 0 atom stereocenters. The first-order valence-corrected chi connectivity index (χ1v) is 8.47. The molecule has 0 radical (unpaired) electrons. The summed E-state index contributed by atoms with van der Waals surface area (Å²) in [6, 6.07) is 21.0. The largest absolute Gasteiger partial charge is 0.477 e. The van der Waals surface area contributed by atoms with E-state index in [1.807, 2.05) is 71.3 Å². The van der Waals surface area contributed by atoms with E-state index in [0.29, 0.717) is 17.8 Å². The molecule has 0 saturated heterocycles. The molecule has 0 aliphatic rings. The van der Waals surface area contributed by atoms with Gasteiger partial charge in [-0.15, -0.1) is 0 Å². The lowest BCUT2D eigenvalue weighted by Gasteiger charge is -2.10. The number of pyridine rings is 1. The van der Waals surface area contributed by atoms with Crippen molar-refractivity contribution in [1.82, 2.24) is 4.40 Å². The zero-order valence-corrected chi connectivity index (χ0v) is 14.0. The molecule has 0 bridgehead atoms. The Morgan fingerprint density at radius 2 is 1.68 bits per heavy atom. The normalized spacial score (nSPS) is 11.2. The van der Waals surface area contributed by atoms with Gasteiger partial charge in [0.1, 0.15) is 5.52 Å². The highest BCUT2D eigenvalue weighted by atomic mass is 16.3. The SMILES string of the molecule is CCC[n+]1c(O)c(-c2ccccc2)c(=O)n2c3ccccc3ccc21. The fourth-order valence-corrected chi connectivity index (χ4v) is 3.37. The Kier molecular flexibility index (Phi) is 3.73. The number of hydrogen-bond acceptors (Lipinski definition) is 2. The Morgan fingerprint density at radius 1 is 0.960 bits per heavy atom. The summed E-state index contributed by atoms with van der Waals surface area (Å²) in [7, 11) is 0. The molecular formula is C21H19N2O2+. The maximum Gasteiger partial charge on any atom is 0.354 e. The predicted molar refractivity (Wildman–Crippen MR) is 98.8 cm³/mol. The summed E-state index contributed by atoms with van der Waals surface area (Å²) in [4.78, 5) is 13.3. The molecule has 4 heteroatoms. The van der Waals surface area contributed by atoms with Gasteiger partial charge >= 0.3 is 5.56 Å². The van der Waals surface area contributed by atoms with Crippen molar-refractivity contribution in [2.24, 2.45) is 0 Å². The molecule has 0 spiro atoms. The van der Waals surface area contributed by atoms with Crippen LogP contribution in [0.2, 0.25) is 0 Å². The van der Waals surface area contributed by atoms with Crippen LogP contribution in [0.1, 0.15) is 13.3 Å². The van der Waals surface area contributed by atoms with Gasteiger partial charge in [-0.3, -0.25) is 0 Å². The van der Waals surface area contributed by atoms with Crippen LogP contribution in [0.4, 0.5) is 0 Å². The fraction of sp³-hybridized carbons (Fsp3) is 0.143. The van der Waals surface area contributed by atoms with Crippen LogP contribution in [0, 0.1) is 0 Å². The second-order valence-corrected chi connectivity index (χ2v) is 6.11. The highest BCUT2D eigenvalue weighted by Crippen LogP contribution is 2.24. The number of nitrogens with zero attached hydrogens (tertiary/aromatic N) is 2. The number of benzene rings is 2. The Balaban J connectivity index is 2.23. The second-order valence-electron chi connectivity index (χ2n) is 6.11. The van der Waals surface area contributed by atoms with Crippen molar-refractivity contribution >= 4 is 16.6 Å². The first-order valence-electron chi connectivity index (χ1n) is 8.47. The number of hydrogen-bond donors (Lipinski definition) is 1. The van der Waals surface area contributed by atoms with Gasteiger partial charge in [-0.1, -0.05) is 55.5 Å². The lowest BCUT2D eigenvalue weighted by atomic mass is 10.1. The molecule has 0 saturated carbocycles. The molecule has 2 aromatic carbocycles. The summed E-state index contributed by atoms with van der Waals surface area (Å²) in [6.45, 7) is 2.69. The van der Waals surface area contributed by atoms with Gasteiger partial charge in [-0.25, -0.2) is 4.79 Å². The molecular weight excluding hydrogens is 312 g/mol. The number of para-hydroxylation sites is 1. The van der Waals surface area contributed by atoms with Gasteiger partial charge in [0.25, 0.3) is 11.5 Å². The van der Waals surface area contributed by atoms with E-state index in [4.69, 9.17) is 0 Å². The maximum atomic E-state index is 13.3. The summed E-state index contributed by atoms with van der Waals surface area (Å²) in [5, 5.41) is 11.9. The van der Waals surface area contributed by atoms with E-state index in [1.54, 1.807) is 4.40 Å². The van der Waals surface area contributed by atoms with Crippen molar-refractivity contribution in [3.8, 4) is 17.0 Å². The second kappa shape index (κ2) is 6.06. The third-order valence-electron chi connectivity index (χ3n) is 4.50. The minimum atomic E-state index is -0.206. The van der Waals surface area contributed by atoms with E-state index in [0.717, 1.165) is 22.9 Å². The first kappa shape index (κ1) is 15.4. The van der Waals surface area contributed by atoms with E-state index in [-0.39, 0.29) is 11.4 Å². The van der Waals surface area contributed by atoms with Gasteiger partial charge in [-0.05, 0) is 24.1 Å². The van der Waals surface area contributed by atoms with Gasteiger partial charge in [0.15, 0.2) is 5.56 Å². The van der Waals surface area contributed by atoms with E-state index in [2.05, 4.69) is 6.92 Å². The molecule has 2 aromatic heterocycles. The number of aromatic nitrogens is 2. The van der Waals surface area contributed by atoms with Crippen LogP contribution < -0.4 is 10.1 Å². The van der Waals surface area contributed by atoms with Crippen LogP contribution >= 0.6 is 0 Å². The van der Waals surface area contributed by atoms with Crippen molar-refractivity contribution in [2.45, 2.75) is 19.9 Å². The number of aromatic hydroxyl groups is 1. The van der Waals surface area contributed by atoms with Gasteiger partial charge < -0.3 is 5.11 Å². The smallest absolute Gasteiger partial charge is 0.354 e. The highest BCUT2D eigenvalue weighted by molar-refractivity contribution is 5.82. The fourth-order valence-electron chi connectivity index (χ4n) is 3.37. The molecule has 1 N–H and O–H groups in total.